The van der Waals surface area contributed by atoms with E-state index < -0.39 is 10.0 Å². The fraction of sp³-hybridized carbons (Fsp3) is 0.938. The normalized spacial score (nSPS) is 11.4. The Morgan fingerprint density at radius 1 is 0.857 bits per heavy atom. The molecule has 0 rings (SSSR count). The molecule has 0 saturated heterocycles. The Kier molecular flexibility index (Phi) is 13.9. The monoisotopic (exact) mass is 316 g/mol. The van der Waals surface area contributed by atoms with Gasteiger partial charge in [-0.15, -0.1) is 0 Å². The zero-order valence-corrected chi connectivity index (χ0v) is 14.4. The first-order chi connectivity index (χ1) is 10.1. The van der Waals surface area contributed by atoms with Crippen LogP contribution in [-0.4, -0.2) is 20.7 Å². The summed E-state index contributed by atoms with van der Waals surface area (Å²) in [6.45, 7) is 2.65. The summed E-state index contributed by atoms with van der Waals surface area (Å²) in [6.07, 6.45) is 12.5. The predicted molar refractivity (Wildman–Crippen MR) is 88.5 cm³/mol. The molecule has 21 heavy (non-hydrogen) atoms. The number of sulfonamides is 1. The summed E-state index contributed by atoms with van der Waals surface area (Å²) in [5.41, 5.74) is 0. The van der Waals surface area contributed by atoms with Gasteiger partial charge in [0.1, 0.15) is 0 Å². The second-order valence-corrected chi connectivity index (χ2v) is 7.58. The molecule has 5 heteroatoms. The molecule has 0 unspecified atom stereocenters. The van der Waals surface area contributed by atoms with Gasteiger partial charge in [0.15, 0.2) is 0 Å². The van der Waals surface area contributed by atoms with Crippen LogP contribution < -0.4 is 4.72 Å². The van der Waals surface area contributed by atoms with Crippen molar-refractivity contribution in [2.45, 2.75) is 84.0 Å². The van der Waals surface area contributed by atoms with E-state index in [0.29, 0.717) is 13.0 Å². The highest BCUT2D eigenvalue weighted by Gasteiger charge is 2.07. The van der Waals surface area contributed by atoms with Crippen molar-refractivity contribution in [2.24, 2.45) is 0 Å². The summed E-state index contributed by atoms with van der Waals surface area (Å²) in [5, 5.41) is 8.41. The molecule has 0 spiro atoms. The van der Waals surface area contributed by atoms with Crippen LogP contribution in [0, 0.1) is 11.3 Å². The number of hydrogen-bond donors (Lipinski definition) is 1. The smallest absolute Gasteiger partial charge is 0.211 e. The van der Waals surface area contributed by atoms with Crippen molar-refractivity contribution in [1.29, 1.82) is 5.26 Å². The Hall–Kier alpha value is -0.600. The number of nitriles is 1. The van der Waals surface area contributed by atoms with Crippen molar-refractivity contribution in [2.75, 3.05) is 12.3 Å². The maximum atomic E-state index is 11.6. The van der Waals surface area contributed by atoms with Crippen LogP contribution >= 0.6 is 0 Å². The summed E-state index contributed by atoms with van der Waals surface area (Å²) in [6, 6.07) is 2.16. The van der Waals surface area contributed by atoms with Crippen molar-refractivity contribution < 1.29 is 8.42 Å². The van der Waals surface area contributed by atoms with Gasteiger partial charge in [0.2, 0.25) is 10.0 Å². The molecule has 0 bridgehead atoms. The summed E-state index contributed by atoms with van der Waals surface area (Å²) < 4.78 is 25.9. The van der Waals surface area contributed by atoms with Gasteiger partial charge >= 0.3 is 0 Å². The molecule has 0 aromatic rings. The van der Waals surface area contributed by atoms with Crippen LogP contribution in [-0.2, 0) is 10.0 Å². The third kappa shape index (κ3) is 15.6. The average Bonchev–Trinajstić information content (AvgIpc) is 2.45. The van der Waals surface area contributed by atoms with Crippen molar-refractivity contribution in [1.82, 2.24) is 4.72 Å². The maximum Gasteiger partial charge on any atom is 0.211 e. The van der Waals surface area contributed by atoms with Crippen LogP contribution in [0.1, 0.15) is 84.0 Å². The molecular weight excluding hydrogens is 284 g/mol. The minimum absolute atomic E-state index is 0.267. The molecule has 124 valence electrons. The van der Waals surface area contributed by atoms with Gasteiger partial charge in [-0.05, 0) is 19.3 Å². The first-order valence-corrected chi connectivity index (χ1v) is 10.1. The van der Waals surface area contributed by atoms with E-state index >= 15 is 0 Å². The number of unbranched alkanes of at least 4 members (excludes halogenated alkanes) is 10. The zero-order valence-electron chi connectivity index (χ0n) is 13.6. The van der Waals surface area contributed by atoms with E-state index in [1.165, 1.54) is 25.7 Å². The highest BCUT2D eigenvalue weighted by Crippen LogP contribution is 2.09. The van der Waals surface area contributed by atoms with Crippen LogP contribution in [0.15, 0.2) is 0 Å². The van der Waals surface area contributed by atoms with Gasteiger partial charge in [-0.1, -0.05) is 58.3 Å². The van der Waals surface area contributed by atoms with Gasteiger partial charge in [0, 0.05) is 13.0 Å². The Labute approximate surface area is 131 Å². The molecule has 1 N–H and O–H groups in total. The molecule has 0 atom stereocenters. The van der Waals surface area contributed by atoms with E-state index in [1.54, 1.807) is 0 Å². The van der Waals surface area contributed by atoms with Crippen molar-refractivity contribution in [3.05, 3.63) is 0 Å². The molecule has 4 nitrogen and oxygen atoms in total. The molecule has 0 aromatic carbocycles. The SMILES string of the molecule is CCCCCS(=O)(=O)NCCCCCCCCCCC#N. The molecule has 0 aromatic heterocycles. The number of rotatable bonds is 15. The highest BCUT2D eigenvalue weighted by molar-refractivity contribution is 7.89. The number of nitrogens with zero attached hydrogens (tertiary/aromatic N) is 1. The number of hydrogen-bond acceptors (Lipinski definition) is 3. The third-order valence-electron chi connectivity index (χ3n) is 3.55. The van der Waals surface area contributed by atoms with Gasteiger partial charge in [0.25, 0.3) is 0 Å². The second-order valence-electron chi connectivity index (χ2n) is 5.66. The van der Waals surface area contributed by atoms with E-state index in [1.807, 2.05) is 0 Å². The fourth-order valence-corrected chi connectivity index (χ4v) is 3.42. The van der Waals surface area contributed by atoms with Gasteiger partial charge in [-0.3, -0.25) is 0 Å². The molecule has 0 radical (unpaired) electrons. The third-order valence-corrected chi connectivity index (χ3v) is 5.02. The number of nitrogens with one attached hydrogen (secondary N) is 1. The van der Waals surface area contributed by atoms with Crippen LogP contribution in [0.2, 0.25) is 0 Å². The lowest BCUT2D eigenvalue weighted by Crippen LogP contribution is -2.27. The molecular formula is C16H32N2O2S. The lowest BCUT2D eigenvalue weighted by atomic mass is 10.1. The van der Waals surface area contributed by atoms with Crippen LogP contribution in [0.5, 0.6) is 0 Å². The topological polar surface area (TPSA) is 70.0 Å². The van der Waals surface area contributed by atoms with Gasteiger partial charge < -0.3 is 0 Å². The Morgan fingerprint density at radius 3 is 2.00 bits per heavy atom. The quantitative estimate of drug-likeness (QED) is 0.462. The molecule has 0 aliphatic carbocycles. The molecule has 0 aliphatic heterocycles. The first kappa shape index (κ1) is 20.4. The zero-order chi connectivity index (χ0) is 15.8. The molecule has 0 heterocycles. The van der Waals surface area contributed by atoms with Crippen molar-refractivity contribution in [3.8, 4) is 6.07 Å². The van der Waals surface area contributed by atoms with E-state index in [2.05, 4.69) is 17.7 Å². The Balaban J connectivity index is 3.30. The molecule has 0 aliphatic rings. The summed E-state index contributed by atoms with van der Waals surface area (Å²) in [4.78, 5) is 0. The Bertz CT molecular complexity index is 361. The predicted octanol–water partition coefficient (Wildman–Crippen LogP) is 4.13. The molecule has 0 saturated carbocycles. The van der Waals surface area contributed by atoms with Crippen molar-refractivity contribution >= 4 is 10.0 Å². The standard InChI is InChI=1S/C16H32N2O2S/c1-2-3-13-16-21(19,20)18-15-12-10-8-6-4-5-7-9-11-14-17/h18H,2-13,15-16H2,1H3. The first-order valence-electron chi connectivity index (χ1n) is 8.46. The fourth-order valence-electron chi connectivity index (χ4n) is 2.23. The van der Waals surface area contributed by atoms with Crippen LogP contribution in [0.4, 0.5) is 0 Å². The largest absolute Gasteiger partial charge is 0.215 e. The maximum absolute atomic E-state index is 11.6. The van der Waals surface area contributed by atoms with Gasteiger partial charge in [-0.2, -0.15) is 5.26 Å². The van der Waals surface area contributed by atoms with E-state index in [4.69, 9.17) is 5.26 Å². The lowest BCUT2D eigenvalue weighted by Gasteiger charge is -2.06. The second kappa shape index (κ2) is 14.3. The summed E-state index contributed by atoms with van der Waals surface area (Å²) in [5.74, 6) is 0.267. The summed E-state index contributed by atoms with van der Waals surface area (Å²) in [7, 11) is -3.04. The van der Waals surface area contributed by atoms with Gasteiger partial charge in [-0.25, -0.2) is 13.1 Å². The van der Waals surface area contributed by atoms with E-state index in [-0.39, 0.29) is 5.75 Å². The van der Waals surface area contributed by atoms with Crippen LogP contribution in [0.25, 0.3) is 0 Å². The minimum atomic E-state index is -3.04. The Morgan fingerprint density at radius 2 is 1.43 bits per heavy atom. The molecule has 0 fully saturated rings. The molecule has 0 amide bonds. The van der Waals surface area contributed by atoms with Crippen molar-refractivity contribution in [3.63, 3.8) is 0 Å². The van der Waals surface area contributed by atoms with Crippen LogP contribution in [0.3, 0.4) is 0 Å². The highest BCUT2D eigenvalue weighted by atomic mass is 32.2. The summed E-state index contributed by atoms with van der Waals surface area (Å²) >= 11 is 0. The minimum Gasteiger partial charge on any atom is -0.215 e. The lowest BCUT2D eigenvalue weighted by molar-refractivity contribution is 0.554. The van der Waals surface area contributed by atoms with Gasteiger partial charge in [0.05, 0.1) is 11.8 Å². The van der Waals surface area contributed by atoms with E-state index in [0.717, 1.165) is 44.9 Å². The average molecular weight is 317 g/mol. The van der Waals surface area contributed by atoms with E-state index in [9.17, 15) is 8.42 Å².